The van der Waals surface area contributed by atoms with Crippen LogP contribution in [0.25, 0.3) is 0 Å². The number of phenols is 1. The highest BCUT2D eigenvalue weighted by molar-refractivity contribution is 8.16. The minimum atomic E-state index is -3.56. The van der Waals surface area contributed by atoms with Crippen molar-refractivity contribution in [2.75, 3.05) is 0 Å². The van der Waals surface area contributed by atoms with Gasteiger partial charge in [-0.1, -0.05) is 18.2 Å². The standard InChI is InChI=1S/C9H9ClO3S/c10-14(12,13)7-1-2-8-3-5-9(11)6-4-8/h1,3-7,11H,2H2/b7-1-. The normalized spacial score (nSPS) is 12.1. The van der Waals surface area contributed by atoms with Crippen LogP contribution in [0.15, 0.2) is 35.7 Å². The Bertz CT molecular complexity index is 420. The molecule has 0 saturated carbocycles. The van der Waals surface area contributed by atoms with Gasteiger partial charge in [-0.25, -0.2) is 8.42 Å². The maximum absolute atomic E-state index is 10.5. The van der Waals surface area contributed by atoms with E-state index in [0.29, 0.717) is 6.42 Å². The van der Waals surface area contributed by atoms with E-state index >= 15 is 0 Å². The quantitative estimate of drug-likeness (QED) is 0.812. The minimum absolute atomic E-state index is 0.183. The summed E-state index contributed by atoms with van der Waals surface area (Å²) in [5.74, 6) is 0.183. The van der Waals surface area contributed by atoms with Gasteiger partial charge in [0.1, 0.15) is 5.75 Å². The molecular weight excluding hydrogens is 224 g/mol. The van der Waals surface area contributed by atoms with E-state index in [9.17, 15) is 8.42 Å². The number of hydrogen-bond acceptors (Lipinski definition) is 3. The highest BCUT2D eigenvalue weighted by Gasteiger charge is 1.96. The van der Waals surface area contributed by atoms with Crippen LogP contribution in [0.4, 0.5) is 0 Å². The third-order valence-corrected chi connectivity index (χ3v) is 2.37. The molecule has 1 aromatic rings. The molecular formula is C9H9ClO3S. The van der Waals surface area contributed by atoms with Crippen molar-refractivity contribution in [1.29, 1.82) is 0 Å². The van der Waals surface area contributed by atoms with Gasteiger partial charge < -0.3 is 5.11 Å². The molecule has 3 nitrogen and oxygen atoms in total. The molecule has 0 heterocycles. The first-order valence-corrected chi connectivity index (χ1v) is 6.24. The van der Waals surface area contributed by atoms with E-state index < -0.39 is 9.05 Å². The van der Waals surface area contributed by atoms with Gasteiger partial charge in [-0.05, 0) is 24.1 Å². The number of phenolic OH excluding ortho intramolecular Hbond substituents is 1. The summed E-state index contributed by atoms with van der Waals surface area (Å²) >= 11 is 0. The average Bonchev–Trinajstić information content (AvgIpc) is 2.06. The van der Waals surface area contributed by atoms with E-state index in [-0.39, 0.29) is 5.75 Å². The molecule has 0 radical (unpaired) electrons. The van der Waals surface area contributed by atoms with Gasteiger partial charge in [0.25, 0.3) is 9.05 Å². The topological polar surface area (TPSA) is 54.4 Å². The molecule has 0 aliphatic rings. The molecule has 0 aliphatic heterocycles. The summed E-state index contributed by atoms with van der Waals surface area (Å²) in [5.41, 5.74) is 0.902. The van der Waals surface area contributed by atoms with Crippen molar-refractivity contribution in [1.82, 2.24) is 0 Å². The van der Waals surface area contributed by atoms with E-state index in [4.69, 9.17) is 15.8 Å². The number of hydrogen-bond donors (Lipinski definition) is 1. The largest absolute Gasteiger partial charge is 0.508 e. The molecule has 5 heteroatoms. The van der Waals surface area contributed by atoms with Crippen LogP contribution in [-0.4, -0.2) is 13.5 Å². The molecule has 0 spiro atoms. The zero-order valence-corrected chi connectivity index (χ0v) is 8.79. The van der Waals surface area contributed by atoms with Crippen LogP contribution in [-0.2, 0) is 15.5 Å². The smallest absolute Gasteiger partial charge is 0.254 e. The number of benzene rings is 1. The Kier molecular flexibility index (Phi) is 3.55. The molecule has 0 amide bonds. The van der Waals surface area contributed by atoms with Gasteiger partial charge in [-0.3, -0.25) is 0 Å². The Balaban J connectivity index is 2.63. The van der Waals surface area contributed by atoms with Crippen molar-refractivity contribution < 1.29 is 13.5 Å². The predicted octanol–water partition coefficient (Wildman–Crippen LogP) is 2.02. The van der Waals surface area contributed by atoms with E-state index in [1.807, 2.05) is 0 Å². The zero-order valence-electron chi connectivity index (χ0n) is 7.22. The van der Waals surface area contributed by atoms with E-state index in [2.05, 4.69) is 0 Å². The van der Waals surface area contributed by atoms with Crippen molar-refractivity contribution in [3.63, 3.8) is 0 Å². The molecule has 1 aromatic carbocycles. The first-order chi connectivity index (χ1) is 6.47. The number of aromatic hydroxyl groups is 1. The highest BCUT2D eigenvalue weighted by Crippen LogP contribution is 2.10. The second-order valence-corrected chi connectivity index (χ2v) is 5.23. The van der Waals surface area contributed by atoms with Gasteiger partial charge in [-0.15, -0.1) is 0 Å². The average molecular weight is 233 g/mol. The molecule has 0 fully saturated rings. The van der Waals surface area contributed by atoms with Crippen molar-refractivity contribution in [3.05, 3.63) is 41.3 Å². The molecule has 1 rings (SSSR count). The molecule has 0 saturated heterocycles. The summed E-state index contributed by atoms with van der Waals surface area (Å²) in [6, 6.07) is 6.50. The lowest BCUT2D eigenvalue weighted by atomic mass is 10.1. The summed E-state index contributed by atoms with van der Waals surface area (Å²) in [6.07, 6.45) is 1.92. The second-order valence-electron chi connectivity index (χ2n) is 2.72. The molecule has 0 bridgehead atoms. The molecule has 0 aliphatic carbocycles. The van der Waals surface area contributed by atoms with Crippen LogP contribution in [0.5, 0.6) is 5.75 Å². The lowest BCUT2D eigenvalue weighted by Gasteiger charge is -1.95. The highest BCUT2D eigenvalue weighted by atomic mass is 35.7. The van der Waals surface area contributed by atoms with Crippen molar-refractivity contribution >= 4 is 19.7 Å². The molecule has 1 N–H and O–H groups in total. The molecule has 0 atom stereocenters. The lowest BCUT2D eigenvalue weighted by Crippen LogP contribution is -1.83. The van der Waals surface area contributed by atoms with E-state index in [1.165, 1.54) is 6.08 Å². The fourth-order valence-corrected chi connectivity index (χ4v) is 1.48. The third kappa shape index (κ3) is 4.30. The summed E-state index contributed by atoms with van der Waals surface area (Å²) in [4.78, 5) is 0. The Morgan fingerprint density at radius 1 is 1.29 bits per heavy atom. The first-order valence-electron chi connectivity index (χ1n) is 3.86. The van der Waals surface area contributed by atoms with E-state index in [1.54, 1.807) is 24.3 Å². The number of halogens is 1. The summed E-state index contributed by atoms with van der Waals surface area (Å²) in [7, 11) is 1.41. The SMILES string of the molecule is O=S(=O)(Cl)/C=C\Cc1ccc(O)cc1. The Hall–Kier alpha value is -1.00. The summed E-state index contributed by atoms with van der Waals surface area (Å²) in [5, 5.41) is 9.92. The zero-order chi connectivity index (χ0) is 10.6. The van der Waals surface area contributed by atoms with Gasteiger partial charge in [0, 0.05) is 16.1 Å². The van der Waals surface area contributed by atoms with Crippen LogP contribution in [0.2, 0.25) is 0 Å². The fraction of sp³-hybridized carbons (Fsp3) is 0.111. The predicted molar refractivity (Wildman–Crippen MR) is 55.7 cm³/mol. The minimum Gasteiger partial charge on any atom is -0.508 e. The van der Waals surface area contributed by atoms with Gasteiger partial charge in [-0.2, -0.15) is 0 Å². The van der Waals surface area contributed by atoms with Crippen LogP contribution in [0.1, 0.15) is 5.56 Å². The number of allylic oxidation sites excluding steroid dienone is 1. The van der Waals surface area contributed by atoms with Gasteiger partial charge in [0.15, 0.2) is 0 Å². The third-order valence-electron chi connectivity index (χ3n) is 1.55. The molecule has 0 unspecified atom stereocenters. The van der Waals surface area contributed by atoms with Crippen molar-refractivity contribution in [2.45, 2.75) is 6.42 Å². The van der Waals surface area contributed by atoms with Crippen LogP contribution in [0, 0.1) is 0 Å². The monoisotopic (exact) mass is 232 g/mol. The van der Waals surface area contributed by atoms with Gasteiger partial charge in [0.2, 0.25) is 0 Å². The first kappa shape index (κ1) is 11.1. The number of rotatable bonds is 3. The van der Waals surface area contributed by atoms with Crippen LogP contribution in [0.3, 0.4) is 0 Å². The van der Waals surface area contributed by atoms with Crippen molar-refractivity contribution in [3.8, 4) is 5.75 Å². The van der Waals surface area contributed by atoms with Crippen LogP contribution < -0.4 is 0 Å². The summed E-state index contributed by atoms with van der Waals surface area (Å²) in [6.45, 7) is 0. The van der Waals surface area contributed by atoms with E-state index in [0.717, 1.165) is 11.0 Å². The lowest BCUT2D eigenvalue weighted by molar-refractivity contribution is 0.475. The summed E-state index contributed by atoms with van der Waals surface area (Å²) < 4.78 is 21.0. The van der Waals surface area contributed by atoms with Crippen molar-refractivity contribution in [2.24, 2.45) is 0 Å². The molecule has 14 heavy (non-hydrogen) atoms. The fourth-order valence-electron chi connectivity index (χ4n) is 0.931. The van der Waals surface area contributed by atoms with Crippen LogP contribution >= 0.6 is 10.7 Å². The Labute approximate surface area is 87.1 Å². The molecule has 0 aromatic heterocycles. The van der Waals surface area contributed by atoms with Gasteiger partial charge >= 0.3 is 0 Å². The second kappa shape index (κ2) is 4.48. The maximum Gasteiger partial charge on any atom is 0.254 e. The molecule has 76 valence electrons. The Morgan fingerprint density at radius 2 is 1.86 bits per heavy atom. The Morgan fingerprint density at radius 3 is 2.36 bits per heavy atom. The van der Waals surface area contributed by atoms with Gasteiger partial charge in [0.05, 0.1) is 0 Å². The maximum atomic E-state index is 10.5.